The van der Waals surface area contributed by atoms with Crippen LogP contribution in [0.15, 0.2) is 24.3 Å². The molecule has 0 aliphatic heterocycles. The van der Waals surface area contributed by atoms with E-state index in [1.54, 1.807) is 0 Å². The number of rotatable bonds is 5. The van der Waals surface area contributed by atoms with Crippen molar-refractivity contribution < 1.29 is 4.74 Å². The molecule has 2 nitrogen and oxygen atoms in total. The van der Waals surface area contributed by atoms with Crippen LogP contribution in [0.25, 0.3) is 0 Å². The summed E-state index contributed by atoms with van der Waals surface area (Å²) in [5.41, 5.74) is 7.40. The Balaban J connectivity index is 1.69. The first-order valence-corrected chi connectivity index (χ1v) is 5.66. The van der Waals surface area contributed by atoms with Crippen LogP contribution in [0, 0.1) is 6.92 Å². The minimum Gasteiger partial charge on any atom is -0.494 e. The van der Waals surface area contributed by atoms with Gasteiger partial charge in [0.2, 0.25) is 0 Å². The predicted molar refractivity (Wildman–Crippen MR) is 62.1 cm³/mol. The quantitative estimate of drug-likeness (QED) is 0.750. The van der Waals surface area contributed by atoms with Crippen molar-refractivity contribution in [3.8, 4) is 5.75 Å². The van der Waals surface area contributed by atoms with Crippen LogP contribution in [0.3, 0.4) is 0 Å². The Labute approximate surface area is 91.4 Å². The number of aryl methyl sites for hydroxylation is 1. The van der Waals surface area contributed by atoms with E-state index in [9.17, 15) is 0 Å². The molecular weight excluding hydrogens is 186 g/mol. The number of hydrogen-bond acceptors (Lipinski definition) is 2. The molecule has 0 radical (unpaired) electrons. The van der Waals surface area contributed by atoms with E-state index in [2.05, 4.69) is 19.1 Å². The van der Waals surface area contributed by atoms with E-state index >= 15 is 0 Å². The van der Waals surface area contributed by atoms with Gasteiger partial charge >= 0.3 is 0 Å². The van der Waals surface area contributed by atoms with Crippen molar-refractivity contribution in [1.82, 2.24) is 0 Å². The molecule has 0 aromatic heterocycles. The first-order chi connectivity index (χ1) is 7.18. The fourth-order valence-electron chi connectivity index (χ4n) is 1.73. The molecule has 1 fully saturated rings. The van der Waals surface area contributed by atoms with E-state index in [0.29, 0.717) is 0 Å². The first kappa shape index (κ1) is 10.5. The van der Waals surface area contributed by atoms with Gasteiger partial charge in [0.1, 0.15) is 5.75 Å². The minimum absolute atomic E-state index is 0.163. The maximum atomic E-state index is 5.99. The van der Waals surface area contributed by atoms with Gasteiger partial charge in [0, 0.05) is 5.54 Å². The highest BCUT2D eigenvalue weighted by Gasteiger charge is 2.37. The van der Waals surface area contributed by atoms with Crippen LogP contribution in [0.4, 0.5) is 0 Å². The monoisotopic (exact) mass is 205 g/mol. The van der Waals surface area contributed by atoms with E-state index in [1.807, 2.05) is 12.1 Å². The van der Waals surface area contributed by atoms with Crippen molar-refractivity contribution in [1.29, 1.82) is 0 Å². The van der Waals surface area contributed by atoms with Gasteiger partial charge in [-0.25, -0.2) is 0 Å². The van der Waals surface area contributed by atoms with Crippen molar-refractivity contribution in [2.24, 2.45) is 5.73 Å². The van der Waals surface area contributed by atoms with Crippen molar-refractivity contribution in [3.05, 3.63) is 29.8 Å². The van der Waals surface area contributed by atoms with Gasteiger partial charge in [-0.1, -0.05) is 12.1 Å². The Morgan fingerprint density at radius 1 is 1.40 bits per heavy atom. The lowest BCUT2D eigenvalue weighted by molar-refractivity contribution is 0.299. The predicted octanol–water partition coefficient (Wildman–Crippen LogP) is 2.65. The van der Waals surface area contributed by atoms with Gasteiger partial charge in [-0.2, -0.15) is 0 Å². The molecule has 15 heavy (non-hydrogen) atoms. The van der Waals surface area contributed by atoms with Crippen molar-refractivity contribution in [2.75, 3.05) is 6.61 Å². The van der Waals surface area contributed by atoms with Gasteiger partial charge in [-0.3, -0.25) is 0 Å². The Kier molecular flexibility index (Phi) is 2.96. The average molecular weight is 205 g/mol. The third-order valence-electron chi connectivity index (χ3n) is 2.97. The molecule has 0 heterocycles. The summed E-state index contributed by atoms with van der Waals surface area (Å²) in [5, 5.41) is 0. The van der Waals surface area contributed by atoms with Gasteiger partial charge < -0.3 is 10.5 Å². The fraction of sp³-hybridized carbons (Fsp3) is 0.538. The number of hydrogen-bond donors (Lipinski definition) is 1. The van der Waals surface area contributed by atoms with Crippen LogP contribution < -0.4 is 10.5 Å². The normalized spacial score (nSPS) is 17.5. The number of nitrogens with two attached hydrogens (primary N) is 1. The SMILES string of the molecule is Cc1cccc(OCCCC2(N)CC2)c1. The Morgan fingerprint density at radius 3 is 2.87 bits per heavy atom. The molecule has 82 valence electrons. The van der Waals surface area contributed by atoms with E-state index in [4.69, 9.17) is 10.5 Å². The number of benzene rings is 1. The lowest BCUT2D eigenvalue weighted by atomic mass is 10.1. The summed E-state index contributed by atoms with van der Waals surface area (Å²) < 4.78 is 5.65. The third-order valence-corrected chi connectivity index (χ3v) is 2.97. The van der Waals surface area contributed by atoms with Gasteiger partial charge in [-0.05, 0) is 50.3 Å². The zero-order chi connectivity index (χ0) is 10.7. The number of ether oxygens (including phenoxy) is 1. The zero-order valence-corrected chi connectivity index (χ0v) is 9.33. The highest BCUT2D eigenvalue weighted by molar-refractivity contribution is 5.27. The second-order valence-corrected chi connectivity index (χ2v) is 4.63. The minimum atomic E-state index is 0.163. The van der Waals surface area contributed by atoms with Crippen LogP contribution in [0.2, 0.25) is 0 Å². The molecule has 1 aliphatic rings. The van der Waals surface area contributed by atoms with Crippen molar-refractivity contribution in [2.45, 2.75) is 38.1 Å². The Morgan fingerprint density at radius 2 is 2.20 bits per heavy atom. The summed E-state index contributed by atoms with van der Waals surface area (Å²) in [4.78, 5) is 0. The molecule has 2 rings (SSSR count). The average Bonchev–Trinajstić information content (AvgIpc) is 2.92. The highest BCUT2D eigenvalue weighted by atomic mass is 16.5. The fourth-order valence-corrected chi connectivity index (χ4v) is 1.73. The molecule has 0 amide bonds. The molecule has 2 N–H and O–H groups in total. The van der Waals surface area contributed by atoms with E-state index < -0.39 is 0 Å². The molecule has 1 aromatic rings. The lowest BCUT2D eigenvalue weighted by Crippen LogP contribution is -2.22. The van der Waals surface area contributed by atoms with Crippen LogP contribution >= 0.6 is 0 Å². The zero-order valence-electron chi connectivity index (χ0n) is 9.33. The molecule has 0 bridgehead atoms. The lowest BCUT2D eigenvalue weighted by Gasteiger charge is -2.09. The van der Waals surface area contributed by atoms with Crippen LogP contribution in [-0.2, 0) is 0 Å². The summed E-state index contributed by atoms with van der Waals surface area (Å²) in [6, 6.07) is 8.17. The summed E-state index contributed by atoms with van der Waals surface area (Å²) in [7, 11) is 0. The molecule has 0 saturated heterocycles. The molecule has 2 heteroatoms. The summed E-state index contributed by atoms with van der Waals surface area (Å²) in [6.45, 7) is 2.86. The smallest absolute Gasteiger partial charge is 0.119 e. The molecule has 0 spiro atoms. The molecular formula is C13H19NO. The summed E-state index contributed by atoms with van der Waals surface area (Å²) in [6.07, 6.45) is 4.54. The van der Waals surface area contributed by atoms with E-state index in [0.717, 1.165) is 25.2 Å². The Bertz CT molecular complexity index is 331. The molecule has 1 aliphatic carbocycles. The summed E-state index contributed by atoms with van der Waals surface area (Å²) >= 11 is 0. The van der Waals surface area contributed by atoms with Crippen LogP contribution in [-0.4, -0.2) is 12.1 Å². The summed E-state index contributed by atoms with van der Waals surface area (Å²) in [5.74, 6) is 0.969. The van der Waals surface area contributed by atoms with Gasteiger partial charge in [-0.15, -0.1) is 0 Å². The van der Waals surface area contributed by atoms with E-state index in [-0.39, 0.29) is 5.54 Å². The molecule has 1 saturated carbocycles. The van der Waals surface area contributed by atoms with Gasteiger partial charge in [0.05, 0.1) is 6.61 Å². The van der Waals surface area contributed by atoms with Crippen LogP contribution in [0.1, 0.15) is 31.2 Å². The van der Waals surface area contributed by atoms with Gasteiger partial charge in [0.15, 0.2) is 0 Å². The maximum Gasteiger partial charge on any atom is 0.119 e. The largest absolute Gasteiger partial charge is 0.494 e. The second-order valence-electron chi connectivity index (χ2n) is 4.63. The Hall–Kier alpha value is -1.02. The third kappa shape index (κ3) is 3.24. The molecule has 0 unspecified atom stereocenters. The van der Waals surface area contributed by atoms with Crippen molar-refractivity contribution in [3.63, 3.8) is 0 Å². The molecule has 1 aromatic carbocycles. The van der Waals surface area contributed by atoms with Crippen LogP contribution in [0.5, 0.6) is 5.75 Å². The highest BCUT2D eigenvalue weighted by Crippen LogP contribution is 2.36. The standard InChI is InChI=1S/C13H19NO/c1-11-4-2-5-12(10-11)15-9-3-6-13(14)7-8-13/h2,4-5,10H,3,6-9,14H2,1H3. The van der Waals surface area contributed by atoms with Crippen molar-refractivity contribution >= 4 is 0 Å². The van der Waals surface area contributed by atoms with E-state index in [1.165, 1.54) is 18.4 Å². The first-order valence-electron chi connectivity index (χ1n) is 5.66. The second kappa shape index (κ2) is 4.23. The maximum absolute atomic E-state index is 5.99. The van der Waals surface area contributed by atoms with Gasteiger partial charge in [0.25, 0.3) is 0 Å². The topological polar surface area (TPSA) is 35.2 Å². The molecule has 0 atom stereocenters.